The maximum absolute atomic E-state index is 3.52. The molecule has 0 radical (unpaired) electrons. The van der Waals surface area contributed by atoms with E-state index in [0.717, 1.165) is 5.25 Å². The van der Waals surface area contributed by atoms with Crippen LogP contribution in [0.3, 0.4) is 0 Å². The monoisotopic (exact) mass is 323 g/mol. The lowest BCUT2D eigenvalue weighted by Crippen LogP contribution is -2.43. The number of nitrogens with zero attached hydrogens (tertiary/aromatic N) is 1. The first-order valence-corrected chi connectivity index (χ1v) is 8.10. The summed E-state index contributed by atoms with van der Waals surface area (Å²) in [7, 11) is 2.25. The number of hydrogen-bond donors (Lipinski definition) is 0. The molecule has 2 heterocycles. The zero-order valence-electron chi connectivity index (χ0n) is 10.8. The van der Waals surface area contributed by atoms with Crippen LogP contribution in [0.15, 0.2) is 39.7 Å². The van der Waals surface area contributed by atoms with Gasteiger partial charge >= 0.3 is 0 Å². The summed E-state index contributed by atoms with van der Waals surface area (Å²) in [5.41, 5.74) is 1.48. The number of likely N-dealkylation sites (tertiary alicyclic amines) is 1. The second kappa shape index (κ2) is 5.03. The average Bonchev–Trinajstić information content (AvgIpc) is 2.69. The SMILES string of the molecule is CC1=CC2C(CN(C)CC2c2ccc(Br)cc2)S1. The summed E-state index contributed by atoms with van der Waals surface area (Å²) in [5, 5.41) is 0.748. The van der Waals surface area contributed by atoms with E-state index in [1.807, 2.05) is 0 Å². The standard InChI is InChI=1S/C15H18BrNS/c1-10-7-13-14(8-17(2)9-15(13)18-10)11-3-5-12(16)6-4-11/h3-7,13-15H,8-9H2,1-2H3. The minimum atomic E-state index is 0.645. The molecule has 3 rings (SSSR count). The van der Waals surface area contributed by atoms with Gasteiger partial charge in [-0.2, -0.15) is 0 Å². The Labute approximate surface area is 122 Å². The van der Waals surface area contributed by atoms with Crippen molar-refractivity contribution < 1.29 is 0 Å². The lowest BCUT2D eigenvalue weighted by Gasteiger charge is -2.38. The summed E-state index contributed by atoms with van der Waals surface area (Å²) >= 11 is 5.59. The Kier molecular flexibility index (Phi) is 3.57. The van der Waals surface area contributed by atoms with E-state index in [-0.39, 0.29) is 0 Å². The van der Waals surface area contributed by atoms with E-state index in [0.29, 0.717) is 11.8 Å². The Hall–Kier alpha value is -0.250. The molecule has 96 valence electrons. The molecule has 18 heavy (non-hydrogen) atoms. The molecule has 0 spiro atoms. The fourth-order valence-electron chi connectivity index (χ4n) is 3.15. The number of piperidine rings is 1. The van der Waals surface area contributed by atoms with Crippen LogP contribution < -0.4 is 0 Å². The van der Waals surface area contributed by atoms with E-state index >= 15 is 0 Å². The van der Waals surface area contributed by atoms with Crippen LogP contribution in [0.5, 0.6) is 0 Å². The minimum absolute atomic E-state index is 0.645. The van der Waals surface area contributed by atoms with Gasteiger partial charge in [0.05, 0.1) is 0 Å². The third-order valence-corrected chi connectivity index (χ3v) is 5.76. The fraction of sp³-hybridized carbons (Fsp3) is 0.467. The number of benzene rings is 1. The Bertz CT molecular complexity index is 468. The van der Waals surface area contributed by atoms with E-state index in [4.69, 9.17) is 0 Å². The van der Waals surface area contributed by atoms with Crippen LogP contribution in [0, 0.1) is 5.92 Å². The highest BCUT2D eigenvalue weighted by atomic mass is 79.9. The van der Waals surface area contributed by atoms with Crippen molar-refractivity contribution in [1.82, 2.24) is 4.90 Å². The van der Waals surface area contributed by atoms with E-state index in [1.54, 1.807) is 0 Å². The molecule has 3 unspecified atom stereocenters. The third-order valence-electron chi connectivity index (χ3n) is 3.96. The number of likely N-dealkylation sites (N-methyl/N-ethyl adjacent to an activating group) is 1. The van der Waals surface area contributed by atoms with Crippen LogP contribution >= 0.6 is 27.7 Å². The van der Waals surface area contributed by atoms with Gasteiger partial charge in [0.15, 0.2) is 0 Å². The third kappa shape index (κ3) is 2.40. The summed E-state index contributed by atoms with van der Waals surface area (Å²) in [6, 6.07) is 8.88. The van der Waals surface area contributed by atoms with Gasteiger partial charge in [-0.25, -0.2) is 0 Å². The molecule has 1 fully saturated rings. The maximum Gasteiger partial charge on any atom is 0.0288 e. The van der Waals surface area contributed by atoms with E-state index in [2.05, 4.69) is 76.9 Å². The van der Waals surface area contributed by atoms with Crippen LogP contribution in [0.1, 0.15) is 18.4 Å². The van der Waals surface area contributed by atoms with Gasteiger partial charge in [-0.05, 0) is 42.5 Å². The maximum atomic E-state index is 3.52. The minimum Gasteiger partial charge on any atom is -0.305 e. The van der Waals surface area contributed by atoms with Crippen LogP contribution in [-0.2, 0) is 0 Å². The molecule has 1 aromatic rings. The van der Waals surface area contributed by atoms with Gasteiger partial charge < -0.3 is 4.90 Å². The summed E-state index contributed by atoms with van der Waals surface area (Å²) < 4.78 is 1.17. The first-order valence-electron chi connectivity index (χ1n) is 6.42. The highest BCUT2D eigenvalue weighted by molar-refractivity contribution is 9.10. The largest absolute Gasteiger partial charge is 0.305 e. The van der Waals surface area contributed by atoms with Crippen molar-refractivity contribution in [1.29, 1.82) is 0 Å². The highest BCUT2D eigenvalue weighted by Crippen LogP contribution is 2.46. The molecule has 3 atom stereocenters. The Balaban J connectivity index is 1.91. The average molecular weight is 324 g/mol. The topological polar surface area (TPSA) is 3.24 Å². The summed E-state index contributed by atoms with van der Waals surface area (Å²) in [6.45, 7) is 4.64. The summed E-state index contributed by atoms with van der Waals surface area (Å²) in [4.78, 5) is 3.98. The zero-order valence-corrected chi connectivity index (χ0v) is 13.2. The molecule has 1 nitrogen and oxygen atoms in total. The number of thioether (sulfide) groups is 1. The predicted molar refractivity (Wildman–Crippen MR) is 83.0 cm³/mol. The molecule has 0 saturated carbocycles. The molecule has 0 aromatic heterocycles. The predicted octanol–water partition coefficient (Wildman–Crippen LogP) is 4.11. The van der Waals surface area contributed by atoms with Crippen molar-refractivity contribution >= 4 is 27.7 Å². The lowest BCUT2D eigenvalue weighted by atomic mass is 9.80. The Morgan fingerprint density at radius 2 is 1.94 bits per heavy atom. The first kappa shape index (κ1) is 12.8. The molecule has 0 bridgehead atoms. The van der Waals surface area contributed by atoms with E-state index in [1.165, 1.54) is 28.0 Å². The smallest absolute Gasteiger partial charge is 0.0288 e. The van der Waals surface area contributed by atoms with Gasteiger partial charge in [-0.15, -0.1) is 11.8 Å². The van der Waals surface area contributed by atoms with Gasteiger partial charge in [0.2, 0.25) is 0 Å². The molecule has 1 aromatic carbocycles. The fourth-order valence-corrected chi connectivity index (χ4v) is 4.88. The second-order valence-electron chi connectivity index (χ2n) is 5.39. The van der Waals surface area contributed by atoms with Crippen LogP contribution in [0.4, 0.5) is 0 Å². The molecule has 0 N–H and O–H groups in total. The van der Waals surface area contributed by atoms with Gasteiger partial charge in [-0.1, -0.05) is 34.1 Å². The van der Waals surface area contributed by atoms with E-state index < -0.39 is 0 Å². The number of fused-ring (bicyclic) bond motifs is 1. The van der Waals surface area contributed by atoms with Crippen LogP contribution in [0.25, 0.3) is 0 Å². The zero-order chi connectivity index (χ0) is 12.7. The number of halogens is 1. The van der Waals surface area contributed by atoms with Gasteiger partial charge in [0, 0.05) is 28.7 Å². The molecule has 0 aliphatic carbocycles. The van der Waals surface area contributed by atoms with Crippen molar-refractivity contribution in [2.45, 2.75) is 18.1 Å². The van der Waals surface area contributed by atoms with Crippen molar-refractivity contribution in [2.75, 3.05) is 20.1 Å². The van der Waals surface area contributed by atoms with Crippen molar-refractivity contribution in [3.8, 4) is 0 Å². The van der Waals surface area contributed by atoms with E-state index in [9.17, 15) is 0 Å². The van der Waals surface area contributed by atoms with Crippen LogP contribution in [-0.4, -0.2) is 30.3 Å². The Morgan fingerprint density at radius 3 is 2.67 bits per heavy atom. The summed E-state index contributed by atoms with van der Waals surface area (Å²) in [6.07, 6.45) is 2.50. The van der Waals surface area contributed by atoms with Crippen molar-refractivity contribution in [3.05, 3.63) is 45.3 Å². The molecule has 3 heteroatoms. The number of rotatable bonds is 1. The first-order chi connectivity index (χ1) is 8.63. The molecular formula is C15H18BrNS. The van der Waals surface area contributed by atoms with Crippen molar-refractivity contribution in [3.63, 3.8) is 0 Å². The highest BCUT2D eigenvalue weighted by Gasteiger charge is 2.38. The Morgan fingerprint density at radius 1 is 1.22 bits per heavy atom. The molecular weight excluding hydrogens is 306 g/mol. The van der Waals surface area contributed by atoms with Gasteiger partial charge in [-0.3, -0.25) is 0 Å². The molecule has 2 aliphatic heterocycles. The van der Waals surface area contributed by atoms with Crippen molar-refractivity contribution in [2.24, 2.45) is 5.92 Å². The molecule has 1 saturated heterocycles. The second-order valence-corrected chi connectivity index (χ2v) is 7.79. The van der Waals surface area contributed by atoms with Gasteiger partial charge in [0.1, 0.15) is 0 Å². The lowest BCUT2D eigenvalue weighted by molar-refractivity contribution is 0.224. The van der Waals surface area contributed by atoms with Crippen LogP contribution in [0.2, 0.25) is 0 Å². The number of hydrogen-bond acceptors (Lipinski definition) is 2. The normalized spacial score (nSPS) is 32.2. The quantitative estimate of drug-likeness (QED) is 0.765. The molecule has 2 aliphatic rings. The summed E-state index contributed by atoms with van der Waals surface area (Å²) in [5.74, 6) is 1.36. The molecule has 0 amide bonds. The van der Waals surface area contributed by atoms with Gasteiger partial charge in [0.25, 0.3) is 0 Å². The number of allylic oxidation sites excluding steroid dienone is 2.